The predicted octanol–water partition coefficient (Wildman–Crippen LogP) is 6.25. The van der Waals surface area contributed by atoms with Crippen LogP contribution in [-0.4, -0.2) is 44.4 Å². The summed E-state index contributed by atoms with van der Waals surface area (Å²) in [6.45, 7) is 14.4. The maximum absolute atomic E-state index is 13.1. The summed E-state index contributed by atoms with van der Waals surface area (Å²) in [5.41, 5.74) is 9.22. The Bertz CT molecular complexity index is 831. The van der Waals surface area contributed by atoms with Crippen LogP contribution < -0.4 is 5.32 Å². The van der Waals surface area contributed by atoms with Crippen LogP contribution in [0.2, 0.25) is 18.1 Å². The highest BCUT2D eigenvalue weighted by Gasteiger charge is 2.36. The summed E-state index contributed by atoms with van der Waals surface area (Å²) in [6.07, 6.45) is 0.877. The van der Waals surface area contributed by atoms with E-state index in [1.165, 1.54) is 18.4 Å². The van der Waals surface area contributed by atoms with Gasteiger partial charge >= 0.3 is 5.97 Å². The van der Waals surface area contributed by atoms with E-state index in [1.54, 1.807) is 5.38 Å². The van der Waals surface area contributed by atoms with Gasteiger partial charge < -0.3 is 14.5 Å². The Morgan fingerprint density at radius 2 is 1.82 bits per heavy atom. The lowest BCUT2D eigenvalue weighted by atomic mass is 9.95. The van der Waals surface area contributed by atoms with Crippen LogP contribution in [0.15, 0.2) is 10.5 Å². The number of azide groups is 1. The van der Waals surface area contributed by atoms with E-state index >= 15 is 0 Å². The molecule has 9 nitrogen and oxygen atoms in total. The quantitative estimate of drug-likeness (QED) is 0.0979. The predicted molar refractivity (Wildman–Crippen MR) is 138 cm³/mol. The molecule has 11 heteroatoms. The first kappa shape index (κ1) is 30.1. The normalized spacial score (nSPS) is 15.2. The summed E-state index contributed by atoms with van der Waals surface area (Å²) in [5.74, 6) is -0.716. The number of hydrogen-bond acceptors (Lipinski definition) is 7. The molecular weight excluding hydrogens is 470 g/mol. The molecule has 1 rings (SSSR count). The van der Waals surface area contributed by atoms with E-state index in [-0.39, 0.29) is 35.6 Å². The molecule has 1 amide bonds. The van der Waals surface area contributed by atoms with Crippen LogP contribution in [0.5, 0.6) is 0 Å². The molecule has 0 spiro atoms. The van der Waals surface area contributed by atoms with E-state index in [9.17, 15) is 9.59 Å². The van der Waals surface area contributed by atoms with Gasteiger partial charge in [0.1, 0.15) is 11.0 Å². The van der Waals surface area contributed by atoms with Crippen LogP contribution in [0, 0.1) is 11.8 Å². The van der Waals surface area contributed by atoms with E-state index in [1.807, 2.05) is 27.7 Å². The molecule has 1 heterocycles. The Kier molecular flexibility index (Phi) is 12.8. The molecule has 34 heavy (non-hydrogen) atoms. The number of ether oxygens (including phenoxy) is 1. The number of amides is 1. The summed E-state index contributed by atoms with van der Waals surface area (Å²) in [6, 6.07) is 1.92. The Hall–Kier alpha value is -1.94. The highest BCUT2D eigenvalue weighted by atomic mass is 32.1. The van der Waals surface area contributed by atoms with Crippen molar-refractivity contribution in [3.63, 3.8) is 0 Å². The second kappa shape index (κ2) is 14.5. The fourth-order valence-corrected chi connectivity index (χ4v) is 7.56. The maximum Gasteiger partial charge on any atom is 0.357 e. The van der Waals surface area contributed by atoms with Crippen molar-refractivity contribution < 1.29 is 18.8 Å². The number of nitrogens with zero attached hydrogens (tertiary/aromatic N) is 4. The Labute approximate surface area is 208 Å². The molecule has 192 valence electrons. The van der Waals surface area contributed by atoms with E-state index in [0.29, 0.717) is 11.4 Å². The van der Waals surface area contributed by atoms with Crippen LogP contribution in [0.25, 0.3) is 10.4 Å². The third-order valence-electron chi connectivity index (χ3n) is 6.75. The number of esters is 1. The van der Waals surface area contributed by atoms with Crippen LogP contribution in [0.3, 0.4) is 0 Å². The summed E-state index contributed by atoms with van der Waals surface area (Å²) in [4.78, 5) is 32.5. The number of hydrogen-bond donors (Lipinski definition) is 1. The zero-order chi connectivity index (χ0) is 25.9. The zero-order valence-electron chi connectivity index (χ0n) is 21.8. The standard InChI is InChI=1S/C23H41N5O4SSi/c1-9-16(7)20(27-28-24)21(29)25-17(15(5)6)13-19(32-34(10-2,11-3)12-4)22-26-18(14-33-22)23(30)31-8/h14-17,19-20H,9-13H2,1-8H3,(H,25,29)/t16-,17+,19?,20+/m0/s1. The van der Waals surface area contributed by atoms with Gasteiger partial charge in [0.15, 0.2) is 14.0 Å². The van der Waals surface area contributed by atoms with Crippen LogP contribution in [-0.2, 0) is 14.0 Å². The summed E-state index contributed by atoms with van der Waals surface area (Å²) < 4.78 is 11.7. The van der Waals surface area contributed by atoms with Gasteiger partial charge in [-0.15, -0.1) is 11.3 Å². The first-order valence-corrected chi connectivity index (χ1v) is 15.6. The second-order valence-electron chi connectivity index (χ2n) is 9.04. The van der Waals surface area contributed by atoms with Gasteiger partial charge in [0.2, 0.25) is 5.91 Å². The molecule has 1 aromatic heterocycles. The minimum absolute atomic E-state index is 0.0716. The number of aromatic nitrogens is 1. The fourth-order valence-electron chi connectivity index (χ4n) is 3.83. The Morgan fingerprint density at radius 3 is 2.29 bits per heavy atom. The van der Waals surface area contributed by atoms with Crippen molar-refractivity contribution in [3.8, 4) is 0 Å². The molecule has 0 saturated carbocycles. The smallest absolute Gasteiger partial charge is 0.357 e. The van der Waals surface area contributed by atoms with E-state index in [4.69, 9.17) is 14.7 Å². The van der Waals surface area contributed by atoms with Gasteiger partial charge in [-0.25, -0.2) is 9.78 Å². The number of thiazole rings is 1. The molecule has 0 aliphatic carbocycles. The molecule has 0 aliphatic rings. The van der Waals surface area contributed by atoms with Gasteiger partial charge in [-0.1, -0.05) is 60.0 Å². The van der Waals surface area contributed by atoms with Crippen molar-refractivity contribution in [1.29, 1.82) is 0 Å². The minimum atomic E-state index is -2.02. The van der Waals surface area contributed by atoms with E-state index in [0.717, 1.165) is 24.6 Å². The van der Waals surface area contributed by atoms with Crippen LogP contribution in [0.1, 0.15) is 82.9 Å². The van der Waals surface area contributed by atoms with E-state index in [2.05, 4.69) is 41.1 Å². The van der Waals surface area contributed by atoms with Crippen molar-refractivity contribution in [1.82, 2.24) is 10.3 Å². The molecule has 0 radical (unpaired) electrons. The van der Waals surface area contributed by atoms with Crippen molar-refractivity contribution in [2.75, 3.05) is 7.11 Å². The Morgan fingerprint density at radius 1 is 1.21 bits per heavy atom. The monoisotopic (exact) mass is 511 g/mol. The van der Waals surface area contributed by atoms with Crippen molar-refractivity contribution in [2.45, 2.75) is 97.6 Å². The van der Waals surface area contributed by atoms with Gasteiger partial charge in [0.05, 0.1) is 13.2 Å². The highest BCUT2D eigenvalue weighted by Crippen LogP contribution is 2.35. The van der Waals surface area contributed by atoms with Crippen molar-refractivity contribution >= 4 is 31.5 Å². The molecular formula is C23H41N5O4SSi. The first-order chi connectivity index (χ1) is 16.1. The van der Waals surface area contributed by atoms with Gasteiger partial charge in [-0.2, -0.15) is 0 Å². The number of carbonyl (C=O) groups is 2. The SMILES string of the molecule is CC[C@H](C)[C@@H](N=[N+]=[N-])C(=O)N[C@H](CC(O[Si](CC)(CC)CC)c1nc(C(=O)OC)cs1)C(C)C. The lowest BCUT2D eigenvalue weighted by molar-refractivity contribution is -0.124. The molecule has 1 aromatic rings. The average molecular weight is 512 g/mol. The maximum atomic E-state index is 13.1. The number of carbonyl (C=O) groups excluding carboxylic acids is 2. The minimum Gasteiger partial charge on any atom is -0.464 e. The summed E-state index contributed by atoms with van der Waals surface area (Å²) in [7, 11) is -0.684. The molecule has 0 aliphatic heterocycles. The topological polar surface area (TPSA) is 126 Å². The third kappa shape index (κ3) is 8.08. The van der Waals surface area contributed by atoms with Crippen LogP contribution in [0.4, 0.5) is 0 Å². The molecule has 0 saturated heterocycles. The second-order valence-corrected chi connectivity index (χ2v) is 14.7. The molecule has 0 fully saturated rings. The molecule has 4 atom stereocenters. The lowest BCUT2D eigenvalue weighted by Gasteiger charge is -2.35. The van der Waals surface area contributed by atoms with Gasteiger partial charge in [-0.05, 0) is 41.9 Å². The van der Waals surface area contributed by atoms with Crippen molar-refractivity contribution in [3.05, 3.63) is 26.5 Å². The molecule has 1 unspecified atom stereocenters. The van der Waals surface area contributed by atoms with Crippen molar-refractivity contribution in [2.24, 2.45) is 17.0 Å². The van der Waals surface area contributed by atoms with E-state index < -0.39 is 20.3 Å². The molecule has 0 bridgehead atoms. The highest BCUT2D eigenvalue weighted by molar-refractivity contribution is 7.09. The summed E-state index contributed by atoms with van der Waals surface area (Å²) in [5, 5.41) is 9.27. The third-order valence-corrected chi connectivity index (χ3v) is 12.3. The number of nitrogens with one attached hydrogen (secondary N) is 1. The fraction of sp³-hybridized carbons (Fsp3) is 0.783. The lowest BCUT2D eigenvalue weighted by Crippen LogP contribution is -2.47. The zero-order valence-corrected chi connectivity index (χ0v) is 23.6. The van der Waals surface area contributed by atoms with Gasteiger partial charge in [0, 0.05) is 16.3 Å². The number of rotatable bonds is 15. The molecule has 1 N–H and O–H groups in total. The van der Waals surface area contributed by atoms with Gasteiger partial charge in [0.25, 0.3) is 0 Å². The van der Waals surface area contributed by atoms with Gasteiger partial charge in [-0.3, -0.25) is 4.79 Å². The summed E-state index contributed by atoms with van der Waals surface area (Å²) >= 11 is 1.38. The molecule has 0 aromatic carbocycles. The first-order valence-electron chi connectivity index (χ1n) is 12.2. The largest absolute Gasteiger partial charge is 0.464 e. The van der Waals surface area contributed by atoms with Crippen LogP contribution >= 0.6 is 11.3 Å². The average Bonchev–Trinajstić information content (AvgIpc) is 3.33. The number of methoxy groups -OCH3 is 1. The Balaban J connectivity index is 3.30.